The maximum atomic E-state index is 12.5. The lowest BCUT2D eigenvalue weighted by molar-refractivity contribution is 0.0735. The third-order valence-corrected chi connectivity index (χ3v) is 4.58. The van der Waals surface area contributed by atoms with Crippen molar-refractivity contribution in [3.63, 3.8) is 0 Å². The van der Waals surface area contributed by atoms with Crippen LogP contribution in [0.5, 0.6) is 0 Å². The zero-order valence-corrected chi connectivity index (χ0v) is 14.0. The average molecular weight is 326 g/mol. The number of carbonyl (C=O) groups is 1. The Balaban J connectivity index is 2.85. The topological polar surface area (TPSA) is 20.3 Å². The van der Waals surface area contributed by atoms with Crippen LogP contribution in [0, 0.1) is 12.8 Å². The molecule has 3 heteroatoms. The summed E-state index contributed by atoms with van der Waals surface area (Å²) in [6.45, 7) is 10.1. The van der Waals surface area contributed by atoms with E-state index < -0.39 is 0 Å². The molecule has 1 rings (SSSR count). The molecule has 0 aliphatic rings. The maximum absolute atomic E-state index is 12.5. The van der Waals surface area contributed by atoms with Gasteiger partial charge in [0.25, 0.3) is 5.91 Å². The highest BCUT2D eigenvalue weighted by Crippen LogP contribution is 2.19. The van der Waals surface area contributed by atoms with Gasteiger partial charge >= 0.3 is 0 Å². The Morgan fingerprint density at radius 2 is 1.89 bits per heavy atom. The number of hydrogen-bond donors (Lipinski definition) is 0. The van der Waals surface area contributed by atoms with Gasteiger partial charge in [-0.2, -0.15) is 0 Å². The standard InChI is InChI=1S/C16H24BrNO/c1-5-13(6-2)11-18(7-3)16(19)14-9-8-12(4)15(17)10-14/h8-10,13H,5-7,11H2,1-4H3. The minimum Gasteiger partial charge on any atom is -0.339 e. The van der Waals surface area contributed by atoms with Gasteiger partial charge in [-0.1, -0.05) is 48.7 Å². The molecule has 0 unspecified atom stereocenters. The Bertz CT molecular complexity index is 427. The molecule has 0 N–H and O–H groups in total. The van der Waals surface area contributed by atoms with E-state index in [9.17, 15) is 4.79 Å². The van der Waals surface area contributed by atoms with Crippen molar-refractivity contribution in [3.8, 4) is 0 Å². The van der Waals surface area contributed by atoms with E-state index >= 15 is 0 Å². The first-order chi connectivity index (χ1) is 9.03. The third-order valence-electron chi connectivity index (χ3n) is 3.72. The number of rotatable bonds is 6. The molecule has 19 heavy (non-hydrogen) atoms. The van der Waals surface area contributed by atoms with Crippen LogP contribution in [0.4, 0.5) is 0 Å². The van der Waals surface area contributed by atoms with Crippen molar-refractivity contribution < 1.29 is 4.79 Å². The molecule has 0 bridgehead atoms. The number of hydrogen-bond acceptors (Lipinski definition) is 1. The summed E-state index contributed by atoms with van der Waals surface area (Å²) in [7, 11) is 0. The molecule has 0 aromatic heterocycles. The van der Waals surface area contributed by atoms with Crippen molar-refractivity contribution in [2.75, 3.05) is 13.1 Å². The number of aryl methyl sites for hydroxylation is 1. The predicted molar refractivity (Wildman–Crippen MR) is 84.5 cm³/mol. The number of nitrogens with zero attached hydrogens (tertiary/aromatic N) is 1. The molecule has 0 saturated carbocycles. The fourth-order valence-electron chi connectivity index (χ4n) is 2.12. The van der Waals surface area contributed by atoms with Gasteiger partial charge in [-0.15, -0.1) is 0 Å². The lowest BCUT2D eigenvalue weighted by Gasteiger charge is -2.25. The van der Waals surface area contributed by atoms with Gasteiger partial charge in [-0.05, 0) is 37.5 Å². The summed E-state index contributed by atoms with van der Waals surface area (Å²) < 4.78 is 0.997. The van der Waals surface area contributed by atoms with Crippen LogP contribution in [0.3, 0.4) is 0 Å². The van der Waals surface area contributed by atoms with Crippen LogP contribution in [0.25, 0.3) is 0 Å². The summed E-state index contributed by atoms with van der Waals surface area (Å²) in [5.41, 5.74) is 1.92. The van der Waals surface area contributed by atoms with E-state index in [4.69, 9.17) is 0 Å². The van der Waals surface area contributed by atoms with Crippen molar-refractivity contribution in [1.29, 1.82) is 0 Å². The molecule has 0 aliphatic carbocycles. The lowest BCUT2D eigenvalue weighted by Crippen LogP contribution is -2.35. The molecule has 0 spiro atoms. The molecule has 2 nitrogen and oxygen atoms in total. The van der Waals surface area contributed by atoms with Crippen molar-refractivity contribution in [2.45, 2.75) is 40.5 Å². The summed E-state index contributed by atoms with van der Waals surface area (Å²) in [6.07, 6.45) is 2.25. The van der Waals surface area contributed by atoms with Crippen LogP contribution in [0.15, 0.2) is 22.7 Å². The molecule has 0 atom stereocenters. The zero-order chi connectivity index (χ0) is 14.4. The van der Waals surface area contributed by atoms with Crippen molar-refractivity contribution >= 4 is 21.8 Å². The monoisotopic (exact) mass is 325 g/mol. The minimum atomic E-state index is 0.134. The highest BCUT2D eigenvalue weighted by Gasteiger charge is 2.17. The molecule has 1 aromatic carbocycles. The van der Waals surface area contributed by atoms with E-state index in [1.165, 1.54) is 0 Å². The first-order valence-electron chi connectivity index (χ1n) is 7.08. The predicted octanol–water partition coefficient (Wildman–Crippen LogP) is 4.66. The fraction of sp³-hybridized carbons (Fsp3) is 0.562. The van der Waals surface area contributed by atoms with Crippen LogP contribution in [0.1, 0.15) is 49.5 Å². The van der Waals surface area contributed by atoms with Crippen molar-refractivity contribution in [3.05, 3.63) is 33.8 Å². The maximum Gasteiger partial charge on any atom is 0.253 e. The van der Waals surface area contributed by atoms with Gasteiger partial charge in [0.2, 0.25) is 0 Å². The summed E-state index contributed by atoms with van der Waals surface area (Å²) in [5, 5.41) is 0. The minimum absolute atomic E-state index is 0.134. The molecular weight excluding hydrogens is 302 g/mol. The van der Waals surface area contributed by atoms with E-state index in [1.807, 2.05) is 36.9 Å². The number of benzene rings is 1. The smallest absolute Gasteiger partial charge is 0.253 e. The quantitative estimate of drug-likeness (QED) is 0.745. The summed E-state index contributed by atoms with van der Waals surface area (Å²) in [6, 6.07) is 5.83. The van der Waals surface area contributed by atoms with E-state index in [0.29, 0.717) is 5.92 Å². The summed E-state index contributed by atoms with van der Waals surface area (Å²) in [4.78, 5) is 14.5. The van der Waals surface area contributed by atoms with Crippen LogP contribution in [0.2, 0.25) is 0 Å². The Labute approximate surface area is 125 Å². The van der Waals surface area contributed by atoms with E-state index in [0.717, 1.165) is 41.5 Å². The second-order valence-electron chi connectivity index (χ2n) is 4.99. The van der Waals surface area contributed by atoms with Gasteiger partial charge in [0.05, 0.1) is 0 Å². The normalized spacial score (nSPS) is 10.8. The molecule has 1 aromatic rings. The number of halogens is 1. The van der Waals surface area contributed by atoms with Gasteiger partial charge < -0.3 is 4.90 Å². The molecule has 0 heterocycles. The second-order valence-corrected chi connectivity index (χ2v) is 5.84. The van der Waals surface area contributed by atoms with E-state index in [-0.39, 0.29) is 5.91 Å². The average Bonchev–Trinajstić information content (AvgIpc) is 2.42. The van der Waals surface area contributed by atoms with Crippen LogP contribution in [-0.2, 0) is 0 Å². The number of amides is 1. The van der Waals surface area contributed by atoms with Gasteiger partial charge in [-0.3, -0.25) is 4.79 Å². The Morgan fingerprint density at radius 3 is 2.37 bits per heavy atom. The summed E-state index contributed by atoms with van der Waals surface area (Å²) >= 11 is 3.49. The second kappa shape index (κ2) is 7.68. The van der Waals surface area contributed by atoms with E-state index in [1.54, 1.807) is 0 Å². The summed E-state index contributed by atoms with van der Waals surface area (Å²) in [5.74, 6) is 0.730. The fourth-order valence-corrected chi connectivity index (χ4v) is 2.50. The Morgan fingerprint density at radius 1 is 1.26 bits per heavy atom. The Hall–Kier alpha value is -0.830. The molecule has 0 aliphatic heterocycles. The molecule has 0 fully saturated rings. The highest BCUT2D eigenvalue weighted by molar-refractivity contribution is 9.10. The first-order valence-corrected chi connectivity index (χ1v) is 7.88. The first kappa shape index (κ1) is 16.2. The lowest BCUT2D eigenvalue weighted by atomic mass is 10.0. The largest absolute Gasteiger partial charge is 0.339 e. The Kier molecular flexibility index (Phi) is 6.56. The SMILES string of the molecule is CCC(CC)CN(CC)C(=O)c1ccc(C)c(Br)c1. The van der Waals surface area contributed by atoms with Crippen LogP contribution in [-0.4, -0.2) is 23.9 Å². The number of carbonyl (C=O) groups excluding carboxylic acids is 1. The molecule has 1 amide bonds. The van der Waals surface area contributed by atoms with Crippen molar-refractivity contribution in [1.82, 2.24) is 4.90 Å². The van der Waals surface area contributed by atoms with Gasteiger partial charge in [-0.25, -0.2) is 0 Å². The van der Waals surface area contributed by atoms with Crippen molar-refractivity contribution in [2.24, 2.45) is 5.92 Å². The molecule has 0 saturated heterocycles. The molecule has 0 radical (unpaired) electrons. The molecular formula is C16H24BrNO. The van der Waals surface area contributed by atoms with E-state index in [2.05, 4.69) is 29.8 Å². The van der Waals surface area contributed by atoms with Gasteiger partial charge in [0, 0.05) is 23.1 Å². The van der Waals surface area contributed by atoms with Gasteiger partial charge in [0.1, 0.15) is 0 Å². The van der Waals surface area contributed by atoms with Crippen LogP contribution < -0.4 is 0 Å². The van der Waals surface area contributed by atoms with Crippen LogP contribution >= 0.6 is 15.9 Å². The molecule has 106 valence electrons. The zero-order valence-electron chi connectivity index (χ0n) is 12.4. The van der Waals surface area contributed by atoms with Gasteiger partial charge in [0.15, 0.2) is 0 Å². The third kappa shape index (κ3) is 4.34. The highest BCUT2D eigenvalue weighted by atomic mass is 79.9.